The van der Waals surface area contributed by atoms with Gasteiger partial charge in [0.15, 0.2) is 0 Å². The highest BCUT2D eigenvalue weighted by molar-refractivity contribution is 8.16. The molecule has 1 aliphatic rings. The Hall–Kier alpha value is -0.460. The summed E-state index contributed by atoms with van der Waals surface area (Å²) in [4.78, 5) is 12.1. The molecule has 0 saturated heterocycles. The van der Waals surface area contributed by atoms with Crippen molar-refractivity contribution in [3.8, 4) is 5.75 Å². The van der Waals surface area contributed by atoms with Gasteiger partial charge in [0.25, 0.3) is 0 Å². The summed E-state index contributed by atoms with van der Waals surface area (Å²) in [5.41, 5.74) is 1.36. The van der Waals surface area contributed by atoms with Crippen LogP contribution in [0.3, 0.4) is 0 Å². The van der Waals surface area contributed by atoms with E-state index in [1.54, 1.807) is 29.6 Å². The van der Waals surface area contributed by atoms with Crippen molar-refractivity contribution in [1.82, 2.24) is 0 Å². The molecule has 0 bridgehead atoms. The maximum Gasteiger partial charge on any atom is 0.336 e. The van der Waals surface area contributed by atoms with Crippen molar-refractivity contribution in [3.05, 3.63) is 23.3 Å². The third-order valence-corrected chi connectivity index (χ3v) is 7.24. The molecule has 2 rings (SSSR count). The first-order valence-electron chi connectivity index (χ1n) is 5.77. The number of carboxylic acids is 1. The molecule has 0 spiro atoms. The highest BCUT2D eigenvalue weighted by Gasteiger charge is 2.37. The van der Waals surface area contributed by atoms with Crippen molar-refractivity contribution in [2.45, 2.75) is 15.4 Å². The molecule has 0 unspecified atom stereocenters. The molecule has 0 aliphatic carbocycles. The first-order valence-corrected chi connectivity index (χ1v) is 9.44. The Balaban J connectivity index is 2.63. The molecule has 1 aliphatic heterocycles. The van der Waals surface area contributed by atoms with E-state index in [9.17, 15) is 9.90 Å². The molecular weight excluding hydrogens is 300 g/mol. The molecule has 0 fully saturated rings. The van der Waals surface area contributed by atoms with E-state index in [0.717, 1.165) is 22.6 Å². The summed E-state index contributed by atoms with van der Waals surface area (Å²) in [5, 5.41) is 9.35. The second-order valence-electron chi connectivity index (χ2n) is 4.11. The molecule has 0 aromatic heterocycles. The van der Waals surface area contributed by atoms with E-state index in [-0.39, 0.29) is 4.08 Å². The van der Waals surface area contributed by atoms with Crippen LogP contribution in [0.4, 0.5) is 0 Å². The summed E-state index contributed by atoms with van der Waals surface area (Å²) in [6, 6.07) is 3.65. The van der Waals surface area contributed by atoms with Crippen LogP contribution in [-0.4, -0.2) is 36.5 Å². The standard InChI is InChI=1S/C13H16O3S3/c1-17-11-7-10-9(6-8(11)12(14)15)13(18-2,19-3)4-5-16-10/h6-7H,4-5H2,1-3H3,(H,14,15). The van der Waals surface area contributed by atoms with Crippen LogP contribution in [0.2, 0.25) is 0 Å². The van der Waals surface area contributed by atoms with Gasteiger partial charge < -0.3 is 9.84 Å². The van der Waals surface area contributed by atoms with E-state index >= 15 is 0 Å². The first kappa shape index (κ1) is 14.9. The molecule has 1 aromatic rings. The van der Waals surface area contributed by atoms with Gasteiger partial charge in [-0.1, -0.05) is 0 Å². The Kier molecular flexibility index (Phi) is 4.63. The van der Waals surface area contributed by atoms with Crippen LogP contribution in [0.5, 0.6) is 5.75 Å². The lowest BCUT2D eigenvalue weighted by atomic mass is 10.0. The van der Waals surface area contributed by atoms with Crippen LogP contribution in [-0.2, 0) is 4.08 Å². The third-order valence-electron chi connectivity index (χ3n) is 3.29. The summed E-state index contributed by atoms with van der Waals surface area (Å²) in [7, 11) is 0. The minimum absolute atomic E-state index is 0.102. The molecule has 0 radical (unpaired) electrons. The summed E-state index contributed by atoms with van der Waals surface area (Å²) in [6.45, 7) is 0.676. The number of thioether (sulfide) groups is 3. The highest BCUT2D eigenvalue weighted by atomic mass is 32.2. The molecule has 0 amide bonds. The number of rotatable bonds is 4. The van der Waals surface area contributed by atoms with Gasteiger partial charge in [-0.05, 0) is 30.9 Å². The van der Waals surface area contributed by atoms with E-state index in [2.05, 4.69) is 12.5 Å². The smallest absolute Gasteiger partial charge is 0.336 e. The zero-order valence-electron chi connectivity index (χ0n) is 11.1. The number of carboxylic acid groups (broad SMARTS) is 1. The van der Waals surface area contributed by atoms with Crippen molar-refractivity contribution in [2.75, 3.05) is 25.4 Å². The monoisotopic (exact) mass is 316 g/mol. The fourth-order valence-electron chi connectivity index (χ4n) is 2.25. The second kappa shape index (κ2) is 5.89. The number of fused-ring (bicyclic) bond motifs is 1. The SMILES string of the molecule is CSc1cc2c(cc1C(=O)O)C(SC)(SC)CCO2. The van der Waals surface area contributed by atoms with Gasteiger partial charge in [-0.3, -0.25) is 0 Å². The fraction of sp³-hybridized carbons (Fsp3) is 0.462. The highest BCUT2D eigenvalue weighted by Crippen LogP contribution is 2.53. The second-order valence-corrected chi connectivity index (χ2v) is 7.43. The predicted octanol–water partition coefficient (Wildman–Crippen LogP) is 3.77. The number of benzene rings is 1. The van der Waals surface area contributed by atoms with Crippen LogP contribution < -0.4 is 4.74 Å². The van der Waals surface area contributed by atoms with Crippen LogP contribution >= 0.6 is 35.3 Å². The summed E-state index contributed by atoms with van der Waals surface area (Å²) in [6.07, 6.45) is 6.90. The minimum Gasteiger partial charge on any atom is -0.493 e. The Morgan fingerprint density at radius 3 is 2.53 bits per heavy atom. The Bertz CT molecular complexity index is 498. The number of hydrogen-bond acceptors (Lipinski definition) is 5. The lowest BCUT2D eigenvalue weighted by Gasteiger charge is -2.36. The van der Waals surface area contributed by atoms with E-state index in [4.69, 9.17) is 4.74 Å². The van der Waals surface area contributed by atoms with Gasteiger partial charge in [-0.2, -0.15) is 0 Å². The number of hydrogen-bond donors (Lipinski definition) is 1. The van der Waals surface area contributed by atoms with Gasteiger partial charge in [0.1, 0.15) is 5.75 Å². The predicted molar refractivity (Wildman–Crippen MR) is 84.0 cm³/mol. The number of carbonyl (C=O) groups is 1. The lowest BCUT2D eigenvalue weighted by Crippen LogP contribution is -2.27. The first-order chi connectivity index (χ1) is 9.07. The summed E-state index contributed by atoms with van der Waals surface area (Å²) >= 11 is 4.94. The normalized spacial score (nSPS) is 16.6. The zero-order valence-corrected chi connectivity index (χ0v) is 13.5. The van der Waals surface area contributed by atoms with Gasteiger partial charge in [0, 0.05) is 16.9 Å². The Morgan fingerprint density at radius 2 is 2.00 bits per heavy atom. The van der Waals surface area contributed by atoms with Crippen molar-refractivity contribution < 1.29 is 14.6 Å². The lowest BCUT2D eigenvalue weighted by molar-refractivity contribution is 0.0693. The molecule has 0 atom stereocenters. The van der Waals surface area contributed by atoms with Crippen molar-refractivity contribution in [1.29, 1.82) is 0 Å². The molecule has 3 nitrogen and oxygen atoms in total. The molecule has 6 heteroatoms. The van der Waals surface area contributed by atoms with Gasteiger partial charge >= 0.3 is 5.97 Å². The van der Waals surface area contributed by atoms with Crippen LogP contribution in [0.15, 0.2) is 17.0 Å². The van der Waals surface area contributed by atoms with Crippen LogP contribution in [0.1, 0.15) is 22.3 Å². The molecule has 19 heavy (non-hydrogen) atoms. The molecule has 1 N–H and O–H groups in total. The van der Waals surface area contributed by atoms with Gasteiger partial charge in [-0.15, -0.1) is 35.3 Å². The molecule has 1 heterocycles. The molecular formula is C13H16O3S3. The van der Waals surface area contributed by atoms with Crippen LogP contribution in [0.25, 0.3) is 0 Å². The maximum absolute atomic E-state index is 11.4. The van der Waals surface area contributed by atoms with E-state index in [1.165, 1.54) is 11.8 Å². The van der Waals surface area contributed by atoms with Crippen molar-refractivity contribution in [3.63, 3.8) is 0 Å². The van der Waals surface area contributed by atoms with Crippen LogP contribution in [0, 0.1) is 0 Å². The molecule has 104 valence electrons. The quantitative estimate of drug-likeness (QED) is 0.674. The maximum atomic E-state index is 11.4. The molecule has 0 saturated carbocycles. The summed E-state index contributed by atoms with van der Waals surface area (Å²) in [5.74, 6) is -0.0573. The topological polar surface area (TPSA) is 46.5 Å². The molecule has 1 aromatic carbocycles. The average Bonchev–Trinajstić information content (AvgIpc) is 2.44. The fourth-order valence-corrected chi connectivity index (χ4v) is 4.84. The summed E-state index contributed by atoms with van der Waals surface area (Å²) < 4.78 is 5.62. The minimum atomic E-state index is -0.881. The van der Waals surface area contributed by atoms with Crippen molar-refractivity contribution >= 4 is 41.3 Å². The van der Waals surface area contributed by atoms with E-state index in [1.807, 2.05) is 12.3 Å². The zero-order chi connectivity index (χ0) is 14.0. The number of ether oxygens (including phenoxy) is 1. The van der Waals surface area contributed by atoms with Gasteiger partial charge in [0.05, 0.1) is 16.2 Å². The third kappa shape index (κ3) is 2.58. The van der Waals surface area contributed by atoms with E-state index < -0.39 is 5.97 Å². The number of aromatic carboxylic acids is 1. The van der Waals surface area contributed by atoms with Gasteiger partial charge in [0.2, 0.25) is 0 Å². The Morgan fingerprint density at radius 1 is 1.32 bits per heavy atom. The Labute approximate surface area is 125 Å². The van der Waals surface area contributed by atoms with E-state index in [0.29, 0.717) is 12.2 Å². The van der Waals surface area contributed by atoms with Crippen molar-refractivity contribution in [2.24, 2.45) is 0 Å². The van der Waals surface area contributed by atoms with Gasteiger partial charge in [-0.25, -0.2) is 4.79 Å². The largest absolute Gasteiger partial charge is 0.493 e. The average molecular weight is 316 g/mol.